The van der Waals surface area contributed by atoms with Crippen molar-refractivity contribution in [1.29, 1.82) is 0 Å². The summed E-state index contributed by atoms with van der Waals surface area (Å²) in [5.41, 5.74) is 1.90. The van der Waals surface area contributed by atoms with E-state index >= 15 is 0 Å². The first kappa shape index (κ1) is 12.9. The van der Waals surface area contributed by atoms with E-state index in [2.05, 4.69) is 0 Å². The molecule has 1 aromatic carbocycles. The minimum Gasteiger partial charge on any atom is -0.382 e. The fourth-order valence-electron chi connectivity index (χ4n) is 2.72. The third-order valence-electron chi connectivity index (χ3n) is 3.71. The van der Waals surface area contributed by atoms with Crippen LogP contribution in [0.4, 0.5) is 0 Å². The molecule has 1 aromatic heterocycles. The van der Waals surface area contributed by atoms with Gasteiger partial charge in [-0.3, -0.25) is 4.79 Å². The Bertz CT molecular complexity index is 592. The Morgan fingerprint density at radius 3 is 2.75 bits per heavy atom. The average molecular weight is 270 g/mol. The molecule has 0 saturated heterocycles. The minimum absolute atomic E-state index is 0.0761. The van der Waals surface area contributed by atoms with E-state index in [0.29, 0.717) is 13.2 Å². The molecule has 2 heterocycles. The highest BCUT2D eigenvalue weighted by atomic mass is 16.5. The maximum absolute atomic E-state index is 12.6. The first-order valence-electron chi connectivity index (χ1n) is 6.78. The number of fused-ring (bicyclic) bond motifs is 1. The van der Waals surface area contributed by atoms with Gasteiger partial charge in [0.25, 0.3) is 5.91 Å². The van der Waals surface area contributed by atoms with Crippen LogP contribution < -0.4 is 0 Å². The molecule has 4 nitrogen and oxygen atoms in total. The van der Waals surface area contributed by atoms with Crippen molar-refractivity contribution in [3.63, 3.8) is 0 Å². The molecule has 0 bridgehead atoms. The van der Waals surface area contributed by atoms with E-state index in [-0.39, 0.29) is 11.9 Å². The average Bonchev–Trinajstić information content (AvgIpc) is 2.93. The summed E-state index contributed by atoms with van der Waals surface area (Å²) in [7, 11) is 1.68. The number of amides is 1. The van der Waals surface area contributed by atoms with Crippen molar-refractivity contribution in [2.24, 2.45) is 0 Å². The topological polar surface area (TPSA) is 34.5 Å². The molecule has 0 fully saturated rings. The molecule has 0 N–H and O–H groups in total. The number of carbonyl (C=O) groups excluding carboxylic acids is 1. The molecule has 0 radical (unpaired) electrons. The zero-order chi connectivity index (χ0) is 13.9. The van der Waals surface area contributed by atoms with Gasteiger partial charge in [-0.05, 0) is 17.7 Å². The van der Waals surface area contributed by atoms with Crippen molar-refractivity contribution in [1.82, 2.24) is 9.47 Å². The molecule has 0 aliphatic carbocycles. The number of ether oxygens (including phenoxy) is 1. The van der Waals surface area contributed by atoms with Crippen LogP contribution in [0.2, 0.25) is 0 Å². The molecule has 4 heteroatoms. The predicted octanol–water partition coefficient (Wildman–Crippen LogP) is 2.16. The van der Waals surface area contributed by atoms with Gasteiger partial charge >= 0.3 is 0 Å². The summed E-state index contributed by atoms with van der Waals surface area (Å²) in [4.78, 5) is 14.5. The zero-order valence-corrected chi connectivity index (χ0v) is 11.5. The van der Waals surface area contributed by atoms with Gasteiger partial charge in [0.15, 0.2) is 0 Å². The van der Waals surface area contributed by atoms with Gasteiger partial charge in [0, 0.05) is 26.4 Å². The molecular weight excluding hydrogens is 252 g/mol. The third kappa shape index (κ3) is 2.34. The van der Waals surface area contributed by atoms with E-state index in [0.717, 1.165) is 17.8 Å². The van der Waals surface area contributed by atoms with Gasteiger partial charge in [0.2, 0.25) is 0 Å². The number of carbonyl (C=O) groups is 1. The molecule has 104 valence electrons. The van der Waals surface area contributed by atoms with Crippen molar-refractivity contribution < 1.29 is 9.53 Å². The molecule has 0 spiro atoms. The second-order valence-electron chi connectivity index (χ2n) is 5.07. The van der Waals surface area contributed by atoms with Crippen LogP contribution in [0.5, 0.6) is 0 Å². The number of benzene rings is 1. The van der Waals surface area contributed by atoms with Gasteiger partial charge < -0.3 is 14.2 Å². The number of aromatic nitrogens is 1. The Balaban J connectivity index is 1.88. The number of methoxy groups -OCH3 is 1. The highest BCUT2D eigenvalue weighted by Crippen LogP contribution is 2.21. The Hall–Kier alpha value is -2.07. The van der Waals surface area contributed by atoms with Crippen LogP contribution in [0.25, 0.3) is 0 Å². The van der Waals surface area contributed by atoms with Crippen LogP contribution in [0, 0.1) is 0 Å². The van der Waals surface area contributed by atoms with Crippen molar-refractivity contribution in [3.8, 4) is 0 Å². The van der Waals surface area contributed by atoms with Crippen LogP contribution in [0.3, 0.4) is 0 Å². The largest absolute Gasteiger partial charge is 0.382 e. The standard InChI is InChI=1S/C16H18N2O2/c1-20-12-14-11-17-9-5-8-15(17)16(19)18(14)10-13-6-3-2-4-7-13/h2-9,14H,10-12H2,1H3. The Morgan fingerprint density at radius 2 is 2.00 bits per heavy atom. The normalized spacial score (nSPS) is 18.1. The fraction of sp³-hybridized carbons (Fsp3) is 0.312. The van der Waals surface area contributed by atoms with E-state index in [4.69, 9.17) is 4.74 Å². The molecule has 20 heavy (non-hydrogen) atoms. The molecule has 0 saturated carbocycles. The van der Waals surface area contributed by atoms with E-state index in [9.17, 15) is 4.79 Å². The van der Waals surface area contributed by atoms with Crippen LogP contribution >= 0.6 is 0 Å². The van der Waals surface area contributed by atoms with Gasteiger partial charge in [-0.15, -0.1) is 0 Å². The molecule has 3 rings (SSSR count). The van der Waals surface area contributed by atoms with Gasteiger partial charge in [-0.2, -0.15) is 0 Å². The van der Waals surface area contributed by atoms with Gasteiger partial charge in [-0.1, -0.05) is 30.3 Å². The Morgan fingerprint density at radius 1 is 1.20 bits per heavy atom. The van der Waals surface area contributed by atoms with E-state index < -0.39 is 0 Å². The first-order valence-corrected chi connectivity index (χ1v) is 6.78. The summed E-state index contributed by atoms with van der Waals surface area (Å²) < 4.78 is 7.29. The maximum atomic E-state index is 12.6. The Labute approximate surface area is 118 Å². The molecule has 2 aromatic rings. The van der Waals surface area contributed by atoms with Crippen LogP contribution in [0.15, 0.2) is 48.7 Å². The number of hydrogen-bond acceptors (Lipinski definition) is 2. The van der Waals surface area contributed by atoms with Gasteiger partial charge in [-0.25, -0.2) is 0 Å². The number of nitrogens with zero attached hydrogens (tertiary/aromatic N) is 2. The second kappa shape index (κ2) is 5.51. The molecular formula is C16H18N2O2. The molecule has 1 aliphatic rings. The number of hydrogen-bond donors (Lipinski definition) is 0. The van der Waals surface area contributed by atoms with Crippen molar-refractivity contribution in [2.75, 3.05) is 13.7 Å². The lowest BCUT2D eigenvalue weighted by Crippen LogP contribution is -2.49. The predicted molar refractivity (Wildman–Crippen MR) is 76.4 cm³/mol. The summed E-state index contributed by atoms with van der Waals surface area (Å²) in [6.07, 6.45) is 1.95. The van der Waals surface area contributed by atoms with Crippen molar-refractivity contribution >= 4 is 5.91 Å². The Kier molecular flexibility index (Phi) is 3.56. The summed E-state index contributed by atoms with van der Waals surface area (Å²) >= 11 is 0. The summed E-state index contributed by atoms with van der Waals surface area (Å²) in [6, 6.07) is 13.9. The highest BCUT2D eigenvalue weighted by Gasteiger charge is 2.31. The number of rotatable bonds is 4. The lowest BCUT2D eigenvalue weighted by Gasteiger charge is -2.36. The fourth-order valence-corrected chi connectivity index (χ4v) is 2.72. The zero-order valence-electron chi connectivity index (χ0n) is 11.5. The first-order chi connectivity index (χ1) is 9.79. The highest BCUT2D eigenvalue weighted by molar-refractivity contribution is 5.93. The quantitative estimate of drug-likeness (QED) is 0.853. The lowest BCUT2D eigenvalue weighted by atomic mass is 10.1. The summed E-state index contributed by atoms with van der Waals surface area (Å²) in [6.45, 7) is 1.96. The van der Waals surface area contributed by atoms with E-state index in [1.165, 1.54) is 0 Å². The van der Waals surface area contributed by atoms with Crippen LogP contribution in [0.1, 0.15) is 16.1 Å². The maximum Gasteiger partial charge on any atom is 0.271 e. The van der Waals surface area contributed by atoms with Gasteiger partial charge in [0.05, 0.1) is 12.6 Å². The second-order valence-corrected chi connectivity index (χ2v) is 5.07. The van der Waals surface area contributed by atoms with Gasteiger partial charge in [0.1, 0.15) is 5.69 Å². The summed E-state index contributed by atoms with van der Waals surface area (Å²) in [5, 5.41) is 0. The smallest absolute Gasteiger partial charge is 0.271 e. The molecule has 1 amide bonds. The van der Waals surface area contributed by atoms with Crippen molar-refractivity contribution in [3.05, 3.63) is 59.9 Å². The van der Waals surface area contributed by atoms with Crippen LogP contribution in [-0.2, 0) is 17.8 Å². The SMILES string of the molecule is COCC1Cn2cccc2C(=O)N1Cc1ccccc1. The molecule has 1 aliphatic heterocycles. The van der Waals surface area contributed by atoms with Crippen molar-refractivity contribution in [2.45, 2.75) is 19.1 Å². The summed E-state index contributed by atoms with van der Waals surface area (Å²) in [5.74, 6) is 0.0761. The lowest BCUT2D eigenvalue weighted by molar-refractivity contribution is 0.0388. The monoisotopic (exact) mass is 270 g/mol. The molecule has 1 unspecified atom stereocenters. The van der Waals surface area contributed by atoms with E-state index in [1.807, 2.05) is 58.1 Å². The third-order valence-corrected chi connectivity index (χ3v) is 3.71. The molecule has 1 atom stereocenters. The van der Waals surface area contributed by atoms with Crippen LogP contribution in [-0.4, -0.2) is 35.1 Å². The van der Waals surface area contributed by atoms with E-state index in [1.54, 1.807) is 7.11 Å². The minimum atomic E-state index is 0.0761.